The van der Waals surface area contributed by atoms with Crippen LogP contribution in [0.4, 0.5) is 0 Å². The average Bonchev–Trinajstić information content (AvgIpc) is 2.43. The third kappa shape index (κ3) is 6.13. The molecule has 0 spiro atoms. The molecule has 0 unspecified atom stereocenters. The van der Waals surface area contributed by atoms with Crippen molar-refractivity contribution in [2.24, 2.45) is 0 Å². The SMILES string of the molecule is CCCCNCCN1CCCN(C)CC1. The zero-order valence-electron chi connectivity index (χ0n) is 10.5. The summed E-state index contributed by atoms with van der Waals surface area (Å²) in [5.41, 5.74) is 0. The number of rotatable bonds is 6. The molecule has 1 aliphatic heterocycles. The maximum absolute atomic E-state index is 3.51. The van der Waals surface area contributed by atoms with E-state index in [4.69, 9.17) is 0 Å². The molecule has 0 aromatic heterocycles. The molecule has 1 N–H and O–H groups in total. The molecule has 3 heteroatoms. The summed E-state index contributed by atoms with van der Waals surface area (Å²) in [6, 6.07) is 0. The van der Waals surface area contributed by atoms with E-state index in [0.29, 0.717) is 0 Å². The van der Waals surface area contributed by atoms with E-state index < -0.39 is 0 Å². The molecule has 0 radical (unpaired) electrons. The summed E-state index contributed by atoms with van der Waals surface area (Å²) in [5, 5.41) is 3.51. The van der Waals surface area contributed by atoms with E-state index in [1.54, 1.807) is 0 Å². The summed E-state index contributed by atoms with van der Waals surface area (Å²) in [5.74, 6) is 0. The molecule has 1 heterocycles. The quantitative estimate of drug-likeness (QED) is 0.665. The molecule has 0 amide bonds. The minimum atomic E-state index is 1.16. The molecule has 90 valence electrons. The number of hydrogen-bond donors (Lipinski definition) is 1. The molecule has 0 aromatic carbocycles. The Bertz CT molecular complexity index is 150. The standard InChI is InChI=1S/C12H27N3/c1-3-4-6-13-7-10-15-9-5-8-14(2)11-12-15/h13H,3-12H2,1-2H3. The van der Waals surface area contributed by atoms with Gasteiger partial charge in [0.1, 0.15) is 0 Å². The van der Waals surface area contributed by atoms with Crippen LogP contribution in [-0.4, -0.2) is 62.7 Å². The summed E-state index contributed by atoms with van der Waals surface area (Å²) < 4.78 is 0. The molecule has 0 saturated carbocycles. The number of unbranched alkanes of at least 4 members (excludes halogenated alkanes) is 1. The number of hydrogen-bond acceptors (Lipinski definition) is 3. The van der Waals surface area contributed by atoms with Gasteiger partial charge in [-0.05, 0) is 39.5 Å². The van der Waals surface area contributed by atoms with Crippen molar-refractivity contribution >= 4 is 0 Å². The lowest BCUT2D eigenvalue weighted by Gasteiger charge is -2.20. The summed E-state index contributed by atoms with van der Waals surface area (Å²) in [6.07, 6.45) is 3.93. The number of likely N-dealkylation sites (N-methyl/N-ethyl adjacent to an activating group) is 1. The van der Waals surface area contributed by atoms with Gasteiger partial charge in [-0.1, -0.05) is 13.3 Å². The molecular weight excluding hydrogens is 186 g/mol. The topological polar surface area (TPSA) is 18.5 Å². The van der Waals surface area contributed by atoms with Gasteiger partial charge in [0.25, 0.3) is 0 Å². The van der Waals surface area contributed by atoms with Crippen LogP contribution in [-0.2, 0) is 0 Å². The molecule has 15 heavy (non-hydrogen) atoms. The molecule has 0 aliphatic carbocycles. The molecule has 1 rings (SSSR count). The van der Waals surface area contributed by atoms with E-state index in [1.807, 2.05) is 0 Å². The van der Waals surface area contributed by atoms with Crippen LogP contribution in [0.25, 0.3) is 0 Å². The van der Waals surface area contributed by atoms with E-state index in [-0.39, 0.29) is 0 Å². The highest BCUT2D eigenvalue weighted by Crippen LogP contribution is 1.99. The molecule has 0 aromatic rings. The Balaban J connectivity index is 2.00. The summed E-state index contributed by atoms with van der Waals surface area (Å²) >= 11 is 0. The Labute approximate surface area is 94.8 Å². The number of nitrogens with zero attached hydrogens (tertiary/aromatic N) is 2. The highest BCUT2D eigenvalue weighted by molar-refractivity contribution is 4.67. The van der Waals surface area contributed by atoms with Crippen molar-refractivity contribution in [1.29, 1.82) is 0 Å². The van der Waals surface area contributed by atoms with E-state index >= 15 is 0 Å². The Morgan fingerprint density at radius 1 is 1.07 bits per heavy atom. The lowest BCUT2D eigenvalue weighted by atomic mass is 10.3. The van der Waals surface area contributed by atoms with Crippen LogP contribution in [0.15, 0.2) is 0 Å². The van der Waals surface area contributed by atoms with Crippen molar-refractivity contribution in [2.75, 3.05) is 52.9 Å². The number of nitrogens with one attached hydrogen (secondary N) is 1. The maximum atomic E-state index is 3.51. The maximum Gasteiger partial charge on any atom is 0.0110 e. The third-order valence-corrected chi connectivity index (χ3v) is 3.12. The fourth-order valence-electron chi connectivity index (χ4n) is 1.99. The van der Waals surface area contributed by atoms with Gasteiger partial charge in [0.15, 0.2) is 0 Å². The first-order valence-electron chi connectivity index (χ1n) is 6.44. The largest absolute Gasteiger partial charge is 0.315 e. The summed E-state index contributed by atoms with van der Waals surface area (Å²) in [7, 11) is 2.23. The van der Waals surface area contributed by atoms with Crippen molar-refractivity contribution in [3.8, 4) is 0 Å². The normalized spacial score (nSPS) is 20.4. The fraction of sp³-hybridized carbons (Fsp3) is 1.00. The molecule has 0 bridgehead atoms. The van der Waals surface area contributed by atoms with Crippen LogP contribution >= 0.6 is 0 Å². The van der Waals surface area contributed by atoms with E-state index in [2.05, 4.69) is 29.1 Å². The van der Waals surface area contributed by atoms with Gasteiger partial charge >= 0.3 is 0 Å². The molecule has 1 saturated heterocycles. The van der Waals surface area contributed by atoms with Crippen molar-refractivity contribution in [2.45, 2.75) is 26.2 Å². The zero-order chi connectivity index (χ0) is 10.9. The molecule has 1 fully saturated rings. The predicted molar refractivity (Wildman–Crippen MR) is 66.3 cm³/mol. The highest BCUT2D eigenvalue weighted by Gasteiger charge is 2.10. The lowest BCUT2D eigenvalue weighted by Crippen LogP contribution is -2.35. The van der Waals surface area contributed by atoms with E-state index in [0.717, 1.165) is 6.54 Å². The first-order chi connectivity index (χ1) is 7.33. The Kier molecular flexibility index (Phi) is 6.98. The van der Waals surface area contributed by atoms with Crippen molar-refractivity contribution < 1.29 is 0 Å². The first-order valence-corrected chi connectivity index (χ1v) is 6.44. The van der Waals surface area contributed by atoms with Gasteiger partial charge in [-0.3, -0.25) is 0 Å². The second kappa shape index (κ2) is 8.08. The molecule has 3 nitrogen and oxygen atoms in total. The summed E-state index contributed by atoms with van der Waals surface area (Å²) in [4.78, 5) is 5.02. The van der Waals surface area contributed by atoms with Crippen LogP contribution in [0.2, 0.25) is 0 Å². The van der Waals surface area contributed by atoms with Crippen LogP contribution in [0.3, 0.4) is 0 Å². The third-order valence-electron chi connectivity index (χ3n) is 3.12. The Morgan fingerprint density at radius 2 is 1.93 bits per heavy atom. The predicted octanol–water partition coefficient (Wildman–Crippen LogP) is 1.01. The van der Waals surface area contributed by atoms with Crippen molar-refractivity contribution in [3.63, 3.8) is 0 Å². The highest BCUT2D eigenvalue weighted by atomic mass is 15.2. The lowest BCUT2D eigenvalue weighted by molar-refractivity contribution is 0.276. The van der Waals surface area contributed by atoms with Crippen molar-refractivity contribution in [1.82, 2.24) is 15.1 Å². The molecular formula is C12H27N3. The Hall–Kier alpha value is -0.120. The van der Waals surface area contributed by atoms with Crippen LogP contribution < -0.4 is 5.32 Å². The van der Waals surface area contributed by atoms with Crippen LogP contribution in [0, 0.1) is 0 Å². The van der Waals surface area contributed by atoms with Crippen molar-refractivity contribution in [3.05, 3.63) is 0 Å². The average molecular weight is 213 g/mol. The molecule has 1 aliphatic rings. The second-order valence-electron chi connectivity index (χ2n) is 4.60. The van der Waals surface area contributed by atoms with Gasteiger partial charge in [0.2, 0.25) is 0 Å². The summed E-state index contributed by atoms with van der Waals surface area (Å²) in [6.45, 7) is 10.8. The minimum absolute atomic E-state index is 1.16. The van der Waals surface area contributed by atoms with Crippen LogP contribution in [0.1, 0.15) is 26.2 Å². The van der Waals surface area contributed by atoms with Gasteiger partial charge in [0, 0.05) is 26.2 Å². The van der Waals surface area contributed by atoms with Gasteiger partial charge in [-0.25, -0.2) is 0 Å². The van der Waals surface area contributed by atoms with Gasteiger partial charge in [0.05, 0.1) is 0 Å². The smallest absolute Gasteiger partial charge is 0.0110 e. The fourth-order valence-corrected chi connectivity index (χ4v) is 1.99. The molecule has 0 atom stereocenters. The Morgan fingerprint density at radius 3 is 2.73 bits per heavy atom. The van der Waals surface area contributed by atoms with Gasteiger partial charge in [-0.2, -0.15) is 0 Å². The van der Waals surface area contributed by atoms with Crippen LogP contribution in [0.5, 0.6) is 0 Å². The van der Waals surface area contributed by atoms with E-state index in [9.17, 15) is 0 Å². The zero-order valence-corrected chi connectivity index (χ0v) is 10.5. The first kappa shape index (κ1) is 12.9. The van der Waals surface area contributed by atoms with Gasteiger partial charge < -0.3 is 15.1 Å². The minimum Gasteiger partial charge on any atom is -0.315 e. The monoisotopic (exact) mass is 213 g/mol. The second-order valence-corrected chi connectivity index (χ2v) is 4.60. The van der Waals surface area contributed by atoms with E-state index in [1.165, 1.54) is 58.5 Å². The van der Waals surface area contributed by atoms with Gasteiger partial charge in [-0.15, -0.1) is 0 Å².